The number of aliphatic carboxylic acids is 1. The van der Waals surface area contributed by atoms with E-state index in [9.17, 15) is 14.4 Å². The van der Waals surface area contributed by atoms with Crippen LogP contribution in [0.25, 0.3) is 0 Å². The molecule has 6 heteroatoms. The molecule has 18 heavy (non-hydrogen) atoms. The number of Topliss-reactive ketones (excluding diaryl/α,β-unsaturated/α-hetero) is 1. The average molecular weight is 275 g/mol. The molecule has 0 aromatic carbocycles. The van der Waals surface area contributed by atoms with E-state index >= 15 is 0 Å². The van der Waals surface area contributed by atoms with Gasteiger partial charge in [-0.2, -0.15) is 0 Å². The SMILES string of the molecule is CCC(=O)CCNC(=O)C(CC(=O)O)SC(C)C. The maximum Gasteiger partial charge on any atom is 0.305 e. The molecular weight excluding hydrogens is 254 g/mol. The molecule has 0 radical (unpaired) electrons. The van der Waals surface area contributed by atoms with Crippen molar-refractivity contribution in [3.05, 3.63) is 0 Å². The summed E-state index contributed by atoms with van der Waals surface area (Å²) in [6.45, 7) is 5.87. The first kappa shape index (κ1) is 17.0. The summed E-state index contributed by atoms with van der Waals surface area (Å²) in [5, 5.41) is 10.9. The van der Waals surface area contributed by atoms with Gasteiger partial charge in [0, 0.05) is 19.4 Å². The number of carbonyl (C=O) groups is 3. The molecule has 2 N–H and O–H groups in total. The van der Waals surface area contributed by atoms with Crippen molar-refractivity contribution in [2.24, 2.45) is 0 Å². The molecule has 1 atom stereocenters. The minimum atomic E-state index is -0.993. The van der Waals surface area contributed by atoms with E-state index in [1.807, 2.05) is 13.8 Å². The summed E-state index contributed by atoms with van der Waals surface area (Å²) in [6.07, 6.45) is 0.556. The van der Waals surface area contributed by atoms with Crippen molar-refractivity contribution in [1.82, 2.24) is 5.32 Å². The average Bonchev–Trinajstić information content (AvgIpc) is 2.26. The van der Waals surface area contributed by atoms with Crippen molar-refractivity contribution in [2.75, 3.05) is 6.54 Å². The Hall–Kier alpha value is -1.04. The summed E-state index contributed by atoms with van der Waals surface area (Å²) in [5.41, 5.74) is 0. The maximum atomic E-state index is 11.8. The number of amides is 1. The van der Waals surface area contributed by atoms with Gasteiger partial charge in [-0.15, -0.1) is 11.8 Å². The highest BCUT2D eigenvalue weighted by molar-refractivity contribution is 8.01. The summed E-state index contributed by atoms with van der Waals surface area (Å²) in [7, 11) is 0. The van der Waals surface area contributed by atoms with Gasteiger partial charge in [0.15, 0.2) is 0 Å². The first-order chi connectivity index (χ1) is 8.36. The van der Waals surface area contributed by atoms with Crippen molar-refractivity contribution in [2.45, 2.75) is 50.5 Å². The second-order valence-electron chi connectivity index (χ2n) is 4.20. The van der Waals surface area contributed by atoms with Crippen molar-refractivity contribution >= 4 is 29.4 Å². The maximum absolute atomic E-state index is 11.8. The van der Waals surface area contributed by atoms with E-state index in [1.165, 1.54) is 11.8 Å². The first-order valence-electron chi connectivity index (χ1n) is 6.03. The number of hydrogen-bond donors (Lipinski definition) is 2. The molecule has 0 rings (SSSR count). The van der Waals surface area contributed by atoms with Crippen LogP contribution in [0.5, 0.6) is 0 Å². The number of rotatable bonds is 9. The standard InChI is InChI=1S/C12H21NO4S/c1-4-9(14)5-6-13-12(17)10(7-11(15)16)18-8(2)3/h8,10H,4-7H2,1-3H3,(H,13,17)(H,15,16). The fourth-order valence-electron chi connectivity index (χ4n) is 1.31. The molecule has 0 aromatic heterocycles. The predicted molar refractivity (Wildman–Crippen MR) is 71.7 cm³/mol. The van der Waals surface area contributed by atoms with Crippen LogP contribution in [0.4, 0.5) is 0 Å². The topological polar surface area (TPSA) is 83.5 Å². The Morgan fingerprint density at radius 1 is 1.28 bits per heavy atom. The Morgan fingerprint density at radius 3 is 2.33 bits per heavy atom. The Kier molecular flexibility index (Phi) is 8.45. The van der Waals surface area contributed by atoms with Crippen molar-refractivity contribution in [1.29, 1.82) is 0 Å². The van der Waals surface area contributed by atoms with E-state index in [4.69, 9.17) is 5.11 Å². The van der Waals surface area contributed by atoms with Crippen LogP contribution in [-0.2, 0) is 14.4 Å². The van der Waals surface area contributed by atoms with Crippen LogP contribution in [0.15, 0.2) is 0 Å². The number of carbonyl (C=O) groups excluding carboxylic acids is 2. The number of ketones is 1. The van der Waals surface area contributed by atoms with Gasteiger partial charge in [0.25, 0.3) is 0 Å². The van der Waals surface area contributed by atoms with Gasteiger partial charge in [-0.1, -0.05) is 20.8 Å². The summed E-state index contributed by atoms with van der Waals surface area (Å²) < 4.78 is 0. The van der Waals surface area contributed by atoms with Crippen LogP contribution in [0.2, 0.25) is 0 Å². The van der Waals surface area contributed by atoms with Crippen molar-refractivity contribution in [3.8, 4) is 0 Å². The summed E-state index contributed by atoms with van der Waals surface area (Å²) in [5.74, 6) is -1.21. The highest BCUT2D eigenvalue weighted by Gasteiger charge is 2.23. The molecule has 0 aliphatic carbocycles. The van der Waals surface area contributed by atoms with Crippen LogP contribution in [0, 0.1) is 0 Å². The van der Waals surface area contributed by atoms with E-state index in [-0.39, 0.29) is 29.9 Å². The molecule has 0 spiro atoms. The molecule has 0 aliphatic rings. The Balaban J connectivity index is 4.20. The van der Waals surface area contributed by atoms with Crippen LogP contribution in [0.3, 0.4) is 0 Å². The molecule has 0 bridgehead atoms. The fraction of sp³-hybridized carbons (Fsp3) is 0.750. The third-order valence-electron chi connectivity index (χ3n) is 2.19. The van der Waals surface area contributed by atoms with E-state index in [0.717, 1.165) is 0 Å². The molecule has 0 saturated heterocycles. The molecule has 0 aromatic rings. The zero-order chi connectivity index (χ0) is 14.1. The lowest BCUT2D eigenvalue weighted by Crippen LogP contribution is -2.36. The Bertz CT molecular complexity index is 304. The second-order valence-corrected chi connectivity index (χ2v) is 5.99. The molecule has 1 amide bonds. The van der Waals surface area contributed by atoms with Crippen LogP contribution >= 0.6 is 11.8 Å². The van der Waals surface area contributed by atoms with Crippen molar-refractivity contribution in [3.63, 3.8) is 0 Å². The van der Waals surface area contributed by atoms with Gasteiger partial charge in [0.2, 0.25) is 5.91 Å². The van der Waals surface area contributed by atoms with Crippen LogP contribution in [0.1, 0.15) is 40.0 Å². The van der Waals surface area contributed by atoms with Crippen LogP contribution < -0.4 is 5.32 Å². The van der Waals surface area contributed by atoms with Gasteiger partial charge < -0.3 is 10.4 Å². The molecule has 0 heterocycles. The smallest absolute Gasteiger partial charge is 0.305 e. The van der Waals surface area contributed by atoms with Gasteiger partial charge >= 0.3 is 5.97 Å². The fourth-order valence-corrected chi connectivity index (χ4v) is 2.41. The third-order valence-corrected chi connectivity index (χ3v) is 3.44. The summed E-state index contributed by atoms with van der Waals surface area (Å²) >= 11 is 1.32. The van der Waals surface area contributed by atoms with Gasteiger partial charge in [0.05, 0.1) is 11.7 Å². The van der Waals surface area contributed by atoms with Gasteiger partial charge in [-0.25, -0.2) is 0 Å². The Labute approximate surface area is 112 Å². The molecule has 0 saturated carbocycles. The number of carboxylic acids is 1. The quantitative estimate of drug-likeness (QED) is 0.665. The second kappa shape index (κ2) is 8.97. The zero-order valence-electron chi connectivity index (χ0n) is 11.1. The highest BCUT2D eigenvalue weighted by atomic mass is 32.2. The lowest BCUT2D eigenvalue weighted by molar-refractivity contribution is -0.138. The number of carboxylic acid groups (broad SMARTS) is 1. The molecule has 0 aliphatic heterocycles. The molecule has 1 unspecified atom stereocenters. The third kappa shape index (κ3) is 8.11. The lowest BCUT2D eigenvalue weighted by Gasteiger charge is -2.16. The minimum absolute atomic E-state index is 0.0848. The number of nitrogens with one attached hydrogen (secondary N) is 1. The van der Waals surface area contributed by atoms with Gasteiger partial charge in [-0.05, 0) is 5.25 Å². The van der Waals surface area contributed by atoms with Gasteiger partial charge in [-0.3, -0.25) is 14.4 Å². The molecule has 0 fully saturated rings. The monoisotopic (exact) mass is 275 g/mol. The predicted octanol–water partition coefficient (Wildman–Crippen LogP) is 1.46. The normalized spacial score (nSPS) is 12.2. The molecular formula is C12H21NO4S. The van der Waals surface area contributed by atoms with E-state index in [1.54, 1.807) is 6.92 Å². The van der Waals surface area contributed by atoms with Crippen molar-refractivity contribution < 1.29 is 19.5 Å². The number of thioether (sulfide) groups is 1. The molecule has 104 valence electrons. The molecule has 5 nitrogen and oxygen atoms in total. The van der Waals surface area contributed by atoms with E-state index < -0.39 is 11.2 Å². The number of hydrogen-bond acceptors (Lipinski definition) is 4. The zero-order valence-corrected chi connectivity index (χ0v) is 11.9. The highest BCUT2D eigenvalue weighted by Crippen LogP contribution is 2.20. The Morgan fingerprint density at radius 2 is 1.89 bits per heavy atom. The van der Waals surface area contributed by atoms with E-state index in [2.05, 4.69) is 5.32 Å². The summed E-state index contributed by atoms with van der Waals surface area (Å²) in [4.78, 5) is 33.5. The largest absolute Gasteiger partial charge is 0.481 e. The first-order valence-corrected chi connectivity index (χ1v) is 6.97. The lowest BCUT2D eigenvalue weighted by atomic mass is 10.2. The van der Waals surface area contributed by atoms with Crippen LogP contribution in [-0.4, -0.2) is 39.8 Å². The van der Waals surface area contributed by atoms with E-state index in [0.29, 0.717) is 12.8 Å². The van der Waals surface area contributed by atoms with Gasteiger partial charge in [0.1, 0.15) is 5.78 Å². The summed E-state index contributed by atoms with van der Waals surface area (Å²) in [6, 6.07) is 0. The minimum Gasteiger partial charge on any atom is -0.481 e.